The van der Waals surface area contributed by atoms with E-state index in [1.54, 1.807) is 32.2 Å². The summed E-state index contributed by atoms with van der Waals surface area (Å²) in [5, 5.41) is 15.0. The van der Waals surface area contributed by atoms with E-state index in [0.717, 1.165) is 0 Å². The number of thiazole rings is 1. The van der Waals surface area contributed by atoms with Gasteiger partial charge in [-0.05, 0) is 31.5 Å². The average molecular weight is 342 g/mol. The molecule has 0 aliphatic heterocycles. The Balaban J connectivity index is 2.38. The highest BCUT2D eigenvalue weighted by Crippen LogP contribution is 2.60. The lowest BCUT2D eigenvalue weighted by Gasteiger charge is -2.27. The van der Waals surface area contributed by atoms with Gasteiger partial charge in [-0.1, -0.05) is 12.1 Å². The van der Waals surface area contributed by atoms with Crippen LogP contribution < -0.4 is 5.32 Å². The van der Waals surface area contributed by atoms with Crippen LogP contribution in [0.3, 0.4) is 0 Å². The first-order valence-corrected chi connectivity index (χ1v) is 9.42. The molecule has 0 aliphatic rings. The highest BCUT2D eigenvalue weighted by molar-refractivity contribution is 7.54. The van der Waals surface area contributed by atoms with Gasteiger partial charge in [0.2, 0.25) is 0 Å². The number of hydrogen-bond acceptors (Lipinski definition) is 7. The lowest BCUT2D eigenvalue weighted by Crippen LogP contribution is -2.15. The molecule has 2 aromatic rings. The largest absolute Gasteiger partial charge is 0.508 e. The zero-order chi connectivity index (χ0) is 16.0. The monoisotopic (exact) mass is 342 g/mol. The molecule has 0 radical (unpaired) electrons. The summed E-state index contributed by atoms with van der Waals surface area (Å²) in [5.41, 5.74) is 0.693. The van der Waals surface area contributed by atoms with Crippen LogP contribution in [0, 0.1) is 0 Å². The van der Waals surface area contributed by atoms with Gasteiger partial charge in [-0.2, -0.15) is 0 Å². The molecule has 0 bridgehead atoms. The van der Waals surface area contributed by atoms with E-state index < -0.39 is 13.4 Å². The third-order valence-electron chi connectivity index (χ3n) is 2.84. The fourth-order valence-corrected chi connectivity index (χ4v) is 4.52. The number of benzene rings is 1. The fraction of sp³-hybridized carbons (Fsp3) is 0.357. The molecular weight excluding hydrogens is 323 g/mol. The molecule has 1 unspecified atom stereocenters. The second-order valence-electron chi connectivity index (χ2n) is 4.35. The summed E-state index contributed by atoms with van der Waals surface area (Å²) in [5.74, 6) is -0.557. The molecule has 0 aliphatic carbocycles. The van der Waals surface area contributed by atoms with Crippen LogP contribution in [0.4, 0.5) is 5.13 Å². The summed E-state index contributed by atoms with van der Waals surface area (Å²) in [6, 6.07) is 6.44. The summed E-state index contributed by atoms with van der Waals surface area (Å²) in [4.78, 5) is 4.16. The molecule has 1 atom stereocenters. The van der Waals surface area contributed by atoms with Crippen LogP contribution in [0.5, 0.6) is 5.75 Å². The van der Waals surface area contributed by atoms with Gasteiger partial charge in [0.1, 0.15) is 5.75 Å². The molecule has 2 rings (SSSR count). The Morgan fingerprint density at radius 3 is 2.41 bits per heavy atom. The van der Waals surface area contributed by atoms with Gasteiger partial charge in [0.05, 0.1) is 13.2 Å². The molecule has 0 saturated heterocycles. The standard InChI is InChI=1S/C14H19N2O4PS/c1-3-19-21(18,20-4-2)13(16-14-15-9-10-22-14)11-5-7-12(17)8-6-11/h5-10,13,17H,3-4H2,1-2H3,(H,15,16). The number of phenolic OH excluding ortho intramolecular Hbond substituents is 1. The van der Waals surface area contributed by atoms with Crippen LogP contribution in [0.2, 0.25) is 0 Å². The van der Waals surface area contributed by atoms with Crippen LogP contribution in [0.1, 0.15) is 25.2 Å². The van der Waals surface area contributed by atoms with Crippen molar-refractivity contribution in [3.05, 3.63) is 41.4 Å². The summed E-state index contributed by atoms with van der Waals surface area (Å²) < 4.78 is 24.0. The van der Waals surface area contributed by atoms with Crippen molar-refractivity contribution in [3.63, 3.8) is 0 Å². The Morgan fingerprint density at radius 1 is 1.27 bits per heavy atom. The van der Waals surface area contributed by atoms with Gasteiger partial charge in [0.15, 0.2) is 10.9 Å². The predicted molar refractivity (Wildman–Crippen MR) is 87.4 cm³/mol. The summed E-state index contributed by atoms with van der Waals surface area (Å²) in [6.07, 6.45) is 1.66. The lowest BCUT2D eigenvalue weighted by atomic mass is 10.2. The Kier molecular flexibility index (Phi) is 5.97. The van der Waals surface area contributed by atoms with Gasteiger partial charge in [-0.15, -0.1) is 11.3 Å². The van der Waals surface area contributed by atoms with E-state index in [0.29, 0.717) is 10.7 Å². The highest BCUT2D eigenvalue weighted by atomic mass is 32.1. The Morgan fingerprint density at radius 2 is 1.91 bits per heavy atom. The van der Waals surface area contributed by atoms with E-state index in [4.69, 9.17) is 9.05 Å². The van der Waals surface area contributed by atoms with E-state index in [2.05, 4.69) is 10.3 Å². The lowest BCUT2D eigenvalue weighted by molar-refractivity contribution is 0.214. The summed E-state index contributed by atoms with van der Waals surface area (Å²) >= 11 is 1.40. The van der Waals surface area contributed by atoms with Crippen molar-refractivity contribution in [2.75, 3.05) is 18.5 Å². The van der Waals surface area contributed by atoms with Crippen molar-refractivity contribution < 1.29 is 18.7 Å². The van der Waals surface area contributed by atoms with Crippen molar-refractivity contribution >= 4 is 24.1 Å². The fourth-order valence-electron chi connectivity index (χ4n) is 1.96. The molecular formula is C14H19N2O4PS. The molecule has 1 aromatic carbocycles. The Labute approximate surface area is 133 Å². The van der Waals surface area contributed by atoms with Crippen molar-refractivity contribution in [2.24, 2.45) is 0 Å². The molecule has 120 valence electrons. The third-order valence-corrected chi connectivity index (χ3v) is 5.84. The maximum atomic E-state index is 13.1. The average Bonchev–Trinajstić information content (AvgIpc) is 2.99. The Bertz CT molecular complexity index is 608. The first kappa shape index (κ1) is 17.0. The molecule has 22 heavy (non-hydrogen) atoms. The van der Waals surface area contributed by atoms with Crippen molar-refractivity contribution in [1.29, 1.82) is 0 Å². The number of phenols is 1. The first-order valence-electron chi connectivity index (χ1n) is 6.92. The second-order valence-corrected chi connectivity index (χ2v) is 7.36. The molecule has 0 spiro atoms. The smallest absolute Gasteiger partial charge is 0.357 e. The molecule has 0 saturated carbocycles. The molecule has 6 nitrogen and oxygen atoms in total. The molecule has 8 heteroatoms. The number of anilines is 1. The predicted octanol–water partition coefficient (Wildman–Crippen LogP) is 4.23. The molecule has 0 fully saturated rings. The molecule has 0 amide bonds. The van der Waals surface area contributed by atoms with Crippen LogP contribution in [0.15, 0.2) is 35.8 Å². The minimum Gasteiger partial charge on any atom is -0.508 e. The molecule has 2 N–H and O–H groups in total. The number of aromatic hydroxyl groups is 1. The molecule has 1 heterocycles. The zero-order valence-electron chi connectivity index (χ0n) is 12.4. The SMILES string of the molecule is CCOP(=O)(OCC)C(Nc1nccs1)c1ccc(O)cc1. The number of nitrogens with one attached hydrogen (secondary N) is 1. The van der Waals surface area contributed by atoms with E-state index in [1.807, 2.05) is 5.38 Å². The van der Waals surface area contributed by atoms with Gasteiger partial charge in [0, 0.05) is 11.6 Å². The quantitative estimate of drug-likeness (QED) is 0.699. The van der Waals surface area contributed by atoms with Crippen LogP contribution in [-0.2, 0) is 13.6 Å². The maximum absolute atomic E-state index is 13.1. The van der Waals surface area contributed by atoms with Gasteiger partial charge in [0.25, 0.3) is 0 Å². The summed E-state index contributed by atoms with van der Waals surface area (Å²) in [7, 11) is -3.43. The third kappa shape index (κ3) is 4.08. The van der Waals surface area contributed by atoms with Crippen LogP contribution in [-0.4, -0.2) is 23.3 Å². The van der Waals surface area contributed by atoms with Gasteiger partial charge in [-0.3, -0.25) is 4.57 Å². The number of rotatable bonds is 8. The second kappa shape index (κ2) is 7.74. The van der Waals surface area contributed by atoms with Crippen LogP contribution in [0.25, 0.3) is 0 Å². The minimum absolute atomic E-state index is 0.138. The number of aromatic nitrogens is 1. The van der Waals surface area contributed by atoms with Crippen LogP contribution >= 0.6 is 18.9 Å². The van der Waals surface area contributed by atoms with Crippen molar-refractivity contribution in [3.8, 4) is 5.75 Å². The van der Waals surface area contributed by atoms with Gasteiger partial charge < -0.3 is 19.5 Å². The maximum Gasteiger partial charge on any atom is 0.357 e. The summed E-state index contributed by atoms with van der Waals surface area (Å²) in [6.45, 7) is 4.07. The minimum atomic E-state index is -3.43. The van der Waals surface area contributed by atoms with E-state index in [1.165, 1.54) is 23.5 Å². The Hall–Kier alpha value is -1.40. The van der Waals surface area contributed by atoms with Crippen molar-refractivity contribution in [1.82, 2.24) is 4.98 Å². The van der Waals surface area contributed by atoms with E-state index in [-0.39, 0.29) is 19.0 Å². The number of hydrogen-bond donors (Lipinski definition) is 2. The zero-order valence-corrected chi connectivity index (χ0v) is 14.1. The topological polar surface area (TPSA) is 80.7 Å². The highest BCUT2D eigenvalue weighted by Gasteiger charge is 2.37. The van der Waals surface area contributed by atoms with Crippen molar-refractivity contribution in [2.45, 2.75) is 19.6 Å². The normalized spacial score (nSPS) is 13.0. The van der Waals surface area contributed by atoms with Gasteiger partial charge in [-0.25, -0.2) is 4.98 Å². The van der Waals surface area contributed by atoms with E-state index in [9.17, 15) is 9.67 Å². The van der Waals surface area contributed by atoms with E-state index >= 15 is 0 Å². The molecule has 1 aromatic heterocycles. The van der Waals surface area contributed by atoms with Gasteiger partial charge >= 0.3 is 7.60 Å². The number of nitrogens with zero attached hydrogens (tertiary/aromatic N) is 1. The first-order chi connectivity index (χ1) is 10.6.